The number of halogens is 3. The maximum Gasteiger partial charge on any atom is 0.490 e. The van der Waals surface area contributed by atoms with Crippen LogP contribution in [-0.4, -0.2) is 146 Å². The van der Waals surface area contributed by atoms with Gasteiger partial charge in [-0.05, 0) is 116 Å². The highest BCUT2D eigenvalue weighted by Gasteiger charge is 2.44. The van der Waals surface area contributed by atoms with Crippen molar-refractivity contribution in [3.05, 3.63) is 88.5 Å². The van der Waals surface area contributed by atoms with Crippen molar-refractivity contribution in [1.82, 2.24) is 40.3 Å². The number of rotatable bonds is 22. The summed E-state index contributed by atoms with van der Waals surface area (Å²) >= 11 is 1.62. The second kappa shape index (κ2) is 28.3. The van der Waals surface area contributed by atoms with Gasteiger partial charge in [-0.2, -0.15) is 13.2 Å². The van der Waals surface area contributed by atoms with E-state index in [2.05, 4.69) is 44.0 Å². The summed E-state index contributed by atoms with van der Waals surface area (Å²) in [5, 5.41) is 24.1. The largest absolute Gasteiger partial charge is 0.490 e. The minimum Gasteiger partial charge on any atom is -0.475 e. The van der Waals surface area contributed by atoms with E-state index in [0.29, 0.717) is 65.6 Å². The number of pyridine rings is 1. The molecule has 24 nitrogen and oxygen atoms in total. The number of aliphatic carboxylic acids is 1. The number of hydrogen-bond donors (Lipinski definition) is 4. The Hall–Kier alpha value is -7.98. The SMILES string of the molecule is CCN(C(=O)OCc1ccc(NC(=O)C(C)NC(=O)C(NC(=O)CCCC(=O)ON2C(=O)CCC2=O)C(C)C)cc1)c1cc(C2(Cc3nncn3C)COC2)cc(N2Cc3c(SC)cc(CN4CCC[C@H](C)C4)cc3C2=O)n1.O=C(O)C(F)(F)F. The van der Waals surface area contributed by atoms with Crippen molar-refractivity contribution in [2.24, 2.45) is 18.9 Å². The molecule has 3 saturated heterocycles. The van der Waals surface area contributed by atoms with Crippen LogP contribution in [0.4, 0.5) is 35.3 Å². The van der Waals surface area contributed by atoms with Crippen LogP contribution < -0.4 is 25.8 Å². The molecule has 0 bridgehead atoms. The number of hydrogen-bond acceptors (Lipinski definition) is 17. The van der Waals surface area contributed by atoms with Crippen LogP contribution in [0.25, 0.3) is 0 Å². The molecule has 2 unspecified atom stereocenters. The lowest BCUT2D eigenvalue weighted by molar-refractivity contribution is -0.197. The number of alkyl halides is 3. The number of ether oxygens (including phenoxy) is 2. The van der Waals surface area contributed by atoms with Crippen molar-refractivity contribution in [2.45, 2.75) is 134 Å². The number of hydroxylamine groups is 2. The maximum absolute atomic E-state index is 14.6. The molecule has 0 aliphatic carbocycles. The van der Waals surface area contributed by atoms with Gasteiger partial charge in [0.05, 0.1) is 19.8 Å². The van der Waals surface area contributed by atoms with Gasteiger partial charge in [0.1, 0.15) is 42.5 Å². The van der Waals surface area contributed by atoms with Crippen LogP contribution in [-0.2, 0) is 86.5 Å². The number of imide groups is 1. The fourth-order valence-electron chi connectivity index (χ4n) is 10.0. The zero-order valence-corrected chi connectivity index (χ0v) is 49.1. The van der Waals surface area contributed by atoms with E-state index in [-0.39, 0.29) is 57.1 Å². The van der Waals surface area contributed by atoms with Crippen molar-refractivity contribution < 1.29 is 75.7 Å². The average molecular weight is 1210 g/mol. The Bertz CT molecular complexity index is 3140. The lowest BCUT2D eigenvalue weighted by atomic mass is 9.75. The van der Waals surface area contributed by atoms with Crippen LogP contribution in [0.5, 0.6) is 0 Å². The Balaban J connectivity index is 0.00000139. The molecule has 0 spiro atoms. The van der Waals surface area contributed by atoms with Crippen LogP contribution in [0.15, 0.2) is 59.8 Å². The number of thioether (sulfide) groups is 1. The predicted octanol–water partition coefficient (Wildman–Crippen LogP) is 5.99. The van der Waals surface area contributed by atoms with Gasteiger partial charge in [0, 0.05) is 80.3 Å². The number of carboxylic acid groups (broad SMARTS) is 1. The number of aromatic nitrogens is 4. The van der Waals surface area contributed by atoms with Gasteiger partial charge in [-0.3, -0.25) is 43.5 Å². The summed E-state index contributed by atoms with van der Waals surface area (Å²) in [5.41, 5.74) is 4.03. The van der Waals surface area contributed by atoms with Gasteiger partial charge >= 0.3 is 24.2 Å². The van der Waals surface area contributed by atoms with Crippen molar-refractivity contribution in [3.63, 3.8) is 0 Å². The molecule has 458 valence electrons. The lowest BCUT2D eigenvalue weighted by Gasteiger charge is -2.42. The predicted molar refractivity (Wildman–Crippen MR) is 301 cm³/mol. The summed E-state index contributed by atoms with van der Waals surface area (Å²) in [5.74, 6) is -4.86. The fraction of sp³-hybridized carbons (Fsp3) is 0.509. The zero-order valence-electron chi connectivity index (χ0n) is 48.3. The number of piperidine rings is 1. The molecule has 3 fully saturated rings. The summed E-state index contributed by atoms with van der Waals surface area (Å²) in [7, 11) is 1.89. The van der Waals surface area contributed by atoms with Crippen LogP contribution >= 0.6 is 11.8 Å². The second-order valence-corrected chi connectivity index (χ2v) is 22.6. The molecule has 28 heteroatoms. The van der Waals surface area contributed by atoms with Gasteiger partial charge < -0.3 is 39.9 Å². The Labute approximate surface area is 492 Å². The Kier molecular flexibility index (Phi) is 21.5. The molecule has 2 aromatic carbocycles. The second-order valence-electron chi connectivity index (χ2n) is 21.8. The topological polar surface area (TPSA) is 294 Å². The Morgan fingerprint density at radius 2 is 1.65 bits per heavy atom. The van der Waals surface area contributed by atoms with Gasteiger partial charge in [-0.25, -0.2) is 19.4 Å². The number of fused-ring (bicyclic) bond motifs is 1. The van der Waals surface area contributed by atoms with Gasteiger partial charge in [-0.1, -0.05) is 32.9 Å². The van der Waals surface area contributed by atoms with E-state index in [4.69, 9.17) is 29.2 Å². The van der Waals surface area contributed by atoms with Gasteiger partial charge in [0.25, 0.3) is 17.7 Å². The van der Waals surface area contributed by atoms with Crippen LogP contribution in [0.1, 0.15) is 118 Å². The molecule has 6 heterocycles. The molecular weight excluding hydrogens is 1140 g/mol. The van der Waals surface area contributed by atoms with E-state index in [9.17, 15) is 51.5 Å². The summed E-state index contributed by atoms with van der Waals surface area (Å²) in [6.45, 7) is 13.1. The van der Waals surface area contributed by atoms with Gasteiger partial charge in [-0.15, -0.1) is 27.0 Å². The highest BCUT2D eigenvalue weighted by molar-refractivity contribution is 7.98. The van der Waals surface area contributed by atoms with Crippen molar-refractivity contribution in [2.75, 3.05) is 54.2 Å². The first-order valence-corrected chi connectivity index (χ1v) is 29.0. The van der Waals surface area contributed by atoms with Crippen molar-refractivity contribution in [1.29, 1.82) is 0 Å². The van der Waals surface area contributed by atoms with Gasteiger partial charge in [0.15, 0.2) is 0 Å². The average Bonchev–Trinajstić information content (AvgIpc) is 2.00. The number of aryl methyl sites for hydroxylation is 1. The molecule has 3 atom stereocenters. The number of carbonyl (C=O) groups is 9. The fourth-order valence-corrected chi connectivity index (χ4v) is 10.7. The standard InChI is InChI=1S/C55H69N11O11S.C2HF3O2/c1-8-64(54(74)76-29-36-14-16-39(17-15-36)58-51(71)35(5)57-52(72)50(33(2)3)60-46(67)12-9-13-49(70)77-66-47(68)18-19-48(66)69)43-23-38(55(30-75-31-55)25-45-61-56-32-62(45)6)24-44(59-43)65-28-41-40(53(65)73)21-37(22-42(41)78-7)27-63-20-10-11-34(4)26-63;3-2(4,5)1(6)7/h14-17,21-24,32-35,50H,8-13,18-20,25-31H2,1-7H3,(H,57,72)(H,58,71)(H,60,67);(H,6,7)/t34-,35?,50?;/m0./s1. The van der Waals surface area contributed by atoms with E-state index in [1.165, 1.54) is 18.2 Å². The molecular formula is C57H70F3N11O13S. The third-order valence-electron chi connectivity index (χ3n) is 14.8. The molecule has 4 aliphatic heterocycles. The number of nitrogens with one attached hydrogen (secondary N) is 3. The summed E-state index contributed by atoms with van der Waals surface area (Å²) in [4.78, 5) is 129. The lowest BCUT2D eigenvalue weighted by Crippen LogP contribution is -2.53. The molecule has 7 amide bonds. The van der Waals surface area contributed by atoms with E-state index < -0.39 is 71.2 Å². The van der Waals surface area contributed by atoms with Crippen LogP contribution in [0, 0.1) is 11.8 Å². The maximum atomic E-state index is 14.6. The summed E-state index contributed by atoms with van der Waals surface area (Å²) < 4.78 is 45.4. The number of likely N-dealkylation sites (tertiary alicyclic amines) is 1. The quantitative estimate of drug-likeness (QED) is 0.0519. The summed E-state index contributed by atoms with van der Waals surface area (Å²) in [6.07, 6.45) is 0.410. The Morgan fingerprint density at radius 1 is 0.953 bits per heavy atom. The normalized spacial score (nSPS) is 17.3. The number of nitrogens with zero attached hydrogens (tertiary/aromatic N) is 8. The smallest absolute Gasteiger partial charge is 0.475 e. The molecule has 2 aromatic heterocycles. The molecule has 85 heavy (non-hydrogen) atoms. The molecule has 0 saturated carbocycles. The monoisotopic (exact) mass is 1210 g/mol. The first-order valence-electron chi connectivity index (χ1n) is 27.8. The van der Waals surface area contributed by atoms with Gasteiger partial charge in [0.2, 0.25) is 17.7 Å². The highest BCUT2D eigenvalue weighted by atomic mass is 32.2. The van der Waals surface area contributed by atoms with Crippen LogP contribution in [0.3, 0.4) is 0 Å². The van der Waals surface area contributed by atoms with E-state index >= 15 is 0 Å². The molecule has 4 aliphatic rings. The molecule has 4 aromatic rings. The highest BCUT2D eigenvalue weighted by Crippen LogP contribution is 2.41. The van der Waals surface area contributed by atoms with Crippen molar-refractivity contribution >= 4 is 82.6 Å². The first kappa shape index (κ1) is 64.6. The minimum absolute atomic E-state index is 0.0361. The summed E-state index contributed by atoms with van der Waals surface area (Å²) in [6, 6.07) is 12.7. The van der Waals surface area contributed by atoms with Crippen LogP contribution in [0.2, 0.25) is 0 Å². The molecule has 8 rings (SSSR count). The first-order chi connectivity index (χ1) is 40.3. The molecule has 4 N–H and O–H groups in total. The van der Waals surface area contributed by atoms with E-state index in [1.54, 1.807) is 61.1 Å². The minimum atomic E-state index is -5.08. The number of carboxylic acids is 1. The number of amides is 7. The third kappa shape index (κ3) is 16.5. The Morgan fingerprint density at radius 3 is 2.24 bits per heavy atom. The molecule has 0 radical (unpaired) electrons. The number of anilines is 3. The third-order valence-corrected chi connectivity index (χ3v) is 15.6. The van der Waals surface area contributed by atoms with E-state index in [1.807, 2.05) is 43.0 Å². The van der Waals surface area contributed by atoms with Crippen molar-refractivity contribution in [3.8, 4) is 0 Å². The number of carbonyl (C=O) groups excluding carboxylic acids is 8. The number of benzene rings is 2. The zero-order chi connectivity index (χ0) is 61.9. The van der Waals surface area contributed by atoms with E-state index in [0.717, 1.165) is 53.5 Å².